The average Bonchev–Trinajstić information content (AvgIpc) is 2.14. The number of rotatable bonds is 1. The minimum Gasteiger partial charge on any atom is -0.370 e. The van der Waals surface area contributed by atoms with Crippen LogP contribution >= 0.6 is 0 Å². The van der Waals surface area contributed by atoms with Crippen LogP contribution in [-0.2, 0) is 0 Å². The highest BCUT2D eigenvalue weighted by molar-refractivity contribution is 6.03. The second-order valence-electron chi connectivity index (χ2n) is 3.86. The summed E-state index contributed by atoms with van der Waals surface area (Å²) in [6.45, 7) is 3.57. The van der Waals surface area contributed by atoms with Crippen LogP contribution in [0, 0.1) is 30.5 Å². The predicted molar refractivity (Wildman–Crippen MR) is 67.1 cm³/mol. The first-order chi connectivity index (χ1) is 7.82. The van der Waals surface area contributed by atoms with Crippen molar-refractivity contribution in [2.45, 2.75) is 13.8 Å². The van der Waals surface area contributed by atoms with Gasteiger partial charge in [-0.15, -0.1) is 0 Å². The van der Waals surface area contributed by atoms with Crippen LogP contribution in [0.25, 0.3) is 0 Å². The molecule has 17 heavy (non-hydrogen) atoms. The molecule has 0 aliphatic heterocycles. The second-order valence-corrected chi connectivity index (χ2v) is 3.86. The van der Waals surface area contributed by atoms with Crippen LogP contribution in [0.5, 0.6) is 0 Å². The number of nitrogens with one attached hydrogen (secondary N) is 3. The molecule has 5 N–H and O–H groups in total. The molecule has 0 amide bonds. The van der Waals surface area contributed by atoms with Crippen LogP contribution in [0.3, 0.4) is 0 Å². The summed E-state index contributed by atoms with van der Waals surface area (Å²) in [5.41, 5.74) is 6.97. The third-order valence-electron chi connectivity index (χ3n) is 2.32. The van der Waals surface area contributed by atoms with Crippen molar-refractivity contribution in [1.82, 2.24) is 5.32 Å². The van der Waals surface area contributed by atoms with E-state index < -0.39 is 5.82 Å². The Morgan fingerprint density at radius 2 is 1.94 bits per heavy atom. The minimum atomic E-state index is -0.403. The summed E-state index contributed by atoms with van der Waals surface area (Å²) in [4.78, 5) is 1.31. The van der Waals surface area contributed by atoms with Crippen molar-refractivity contribution in [2.24, 2.45) is 5.73 Å². The molecule has 0 unspecified atom stereocenters. The van der Waals surface area contributed by atoms with Crippen molar-refractivity contribution in [3.05, 3.63) is 29.1 Å². The van der Waals surface area contributed by atoms with E-state index >= 15 is 0 Å². The molecule has 0 aliphatic rings. The van der Waals surface area contributed by atoms with E-state index in [-0.39, 0.29) is 11.9 Å². The molecule has 0 bridgehead atoms. The van der Waals surface area contributed by atoms with Gasteiger partial charge in [0, 0.05) is 7.05 Å². The van der Waals surface area contributed by atoms with Gasteiger partial charge in [0.1, 0.15) is 5.82 Å². The van der Waals surface area contributed by atoms with E-state index in [0.717, 1.165) is 11.1 Å². The molecule has 0 saturated heterocycles. The zero-order valence-corrected chi connectivity index (χ0v) is 10.1. The van der Waals surface area contributed by atoms with Gasteiger partial charge in [-0.05, 0) is 31.0 Å². The molecule has 5 nitrogen and oxygen atoms in total. The second kappa shape index (κ2) is 4.82. The Balaban J connectivity index is 3.08. The average molecular weight is 237 g/mol. The predicted octanol–water partition coefficient (Wildman–Crippen LogP) is 1.30. The standard InChI is InChI=1S/C11H16FN5/c1-6-4-7(2)9(8(12)5-6)17(3)11(15)16-10(13)14/h4-5H,1-3H3,(H5,13,14,15,16). The highest BCUT2D eigenvalue weighted by Crippen LogP contribution is 2.24. The number of aryl methyl sites for hydroxylation is 2. The van der Waals surface area contributed by atoms with Crippen LogP contribution in [0.1, 0.15) is 11.1 Å². The van der Waals surface area contributed by atoms with Gasteiger partial charge in [0.2, 0.25) is 5.96 Å². The topological polar surface area (TPSA) is 89.0 Å². The lowest BCUT2D eigenvalue weighted by Gasteiger charge is -2.23. The number of guanidine groups is 2. The van der Waals surface area contributed by atoms with Crippen LogP contribution in [0.2, 0.25) is 0 Å². The zero-order chi connectivity index (χ0) is 13.2. The van der Waals surface area contributed by atoms with Crippen molar-refractivity contribution in [2.75, 3.05) is 11.9 Å². The van der Waals surface area contributed by atoms with Crippen molar-refractivity contribution >= 4 is 17.6 Å². The normalized spacial score (nSPS) is 9.88. The maximum atomic E-state index is 13.8. The molecule has 0 spiro atoms. The van der Waals surface area contributed by atoms with Gasteiger partial charge in [-0.1, -0.05) is 6.07 Å². The highest BCUT2D eigenvalue weighted by Gasteiger charge is 2.15. The Labute approximate surface area is 99.4 Å². The SMILES string of the molecule is Cc1cc(C)c(N(C)C(=N)NC(=N)N)c(F)c1. The lowest BCUT2D eigenvalue weighted by atomic mass is 10.1. The summed E-state index contributed by atoms with van der Waals surface area (Å²) in [5.74, 6) is -0.907. The molecule has 1 aromatic rings. The fourth-order valence-corrected chi connectivity index (χ4v) is 1.66. The summed E-state index contributed by atoms with van der Waals surface area (Å²) < 4.78 is 13.8. The molecule has 0 heterocycles. The molecule has 0 atom stereocenters. The Bertz CT molecular complexity index is 446. The molecule has 1 aromatic carbocycles. The summed E-state index contributed by atoms with van der Waals surface area (Å²) in [6, 6.07) is 3.23. The smallest absolute Gasteiger partial charge is 0.202 e. The molecule has 0 aromatic heterocycles. The van der Waals surface area contributed by atoms with Crippen molar-refractivity contribution < 1.29 is 4.39 Å². The highest BCUT2D eigenvalue weighted by atomic mass is 19.1. The molecular formula is C11H16FN5. The Morgan fingerprint density at radius 3 is 2.41 bits per heavy atom. The van der Waals surface area contributed by atoms with Crippen molar-refractivity contribution in [3.8, 4) is 0 Å². The zero-order valence-electron chi connectivity index (χ0n) is 10.1. The molecule has 92 valence electrons. The van der Waals surface area contributed by atoms with Gasteiger partial charge < -0.3 is 10.6 Å². The monoisotopic (exact) mass is 237 g/mol. The number of hydrogen-bond acceptors (Lipinski definition) is 2. The summed E-state index contributed by atoms with van der Waals surface area (Å²) in [5, 5.41) is 17.0. The van der Waals surface area contributed by atoms with Crippen LogP contribution in [-0.4, -0.2) is 19.0 Å². The number of benzene rings is 1. The molecule has 0 fully saturated rings. The molecular weight excluding hydrogens is 221 g/mol. The van der Waals surface area contributed by atoms with E-state index in [1.807, 2.05) is 6.07 Å². The van der Waals surface area contributed by atoms with Crippen LogP contribution in [0.15, 0.2) is 12.1 Å². The minimum absolute atomic E-state index is 0.150. The maximum absolute atomic E-state index is 13.8. The molecule has 0 aliphatic carbocycles. The van der Waals surface area contributed by atoms with Crippen molar-refractivity contribution in [1.29, 1.82) is 10.8 Å². The fraction of sp³-hybridized carbons (Fsp3) is 0.273. The first-order valence-electron chi connectivity index (χ1n) is 5.03. The van der Waals surface area contributed by atoms with Gasteiger partial charge in [-0.2, -0.15) is 0 Å². The molecule has 0 radical (unpaired) electrons. The first-order valence-corrected chi connectivity index (χ1v) is 5.03. The van der Waals surface area contributed by atoms with E-state index in [4.69, 9.17) is 16.6 Å². The van der Waals surface area contributed by atoms with Crippen LogP contribution in [0.4, 0.5) is 10.1 Å². The Morgan fingerprint density at radius 1 is 1.35 bits per heavy atom. The number of hydrogen-bond donors (Lipinski definition) is 4. The molecule has 0 saturated carbocycles. The number of anilines is 1. The van der Waals surface area contributed by atoms with Gasteiger partial charge in [0.25, 0.3) is 0 Å². The van der Waals surface area contributed by atoms with Crippen molar-refractivity contribution in [3.63, 3.8) is 0 Å². The summed E-state index contributed by atoms with van der Waals surface area (Å²) in [6.07, 6.45) is 0. The van der Waals surface area contributed by atoms with Gasteiger partial charge in [0.05, 0.1) is 5.69 Å². The van der Waals surface area contributed by atoms with Gasteiger partial charge in [-0.3, -0.25) is 16.1 Å². The largest absolute Gasteiger partial charge is 0.370 e. The maximum Gasteiger partial charge on any atom is 0.202 e. The molecule has 1 rings (SSSR count). The van der Waals surface area contributed by atoms with E-state index in [2.05, 4.69) is 5.32 Å². The van der Waals surface area contributed by atoms with E-state index in [1.165, 1.54) is 11.0 Å². The van der Waals surface area contributed by atoms with E-state index in [0.29, 0.717) is 5.69 Å². The molecule has 6 heteroatoms. The third kappa shape index (κ3) is 2.93. The quantitative estimate of drug-likeness (QED) is 0.438. The number of nitrogens with two attached hydrogens (primary N) is 1. The Hall–Kier alpha value is -2.11. The van der Waals surface area contributed by atoms with Gasteiger partial charge in [-0.25, -0.2) is 4.39 Å². The lowest BCUT2D eigenvalue weighted by molar-refractivity contribution is 0.625. The first kappa shape index (κ1) is 13.0. The summed E-state index contributed by atoms with van der Waals surface area (Å²) >= 11 is 0. The lowest BCUT2D eigenvalue weighted by Crippen LogP contribution is -2.44. The number of halogens is 1. The fourth-order valence-electron chi connectivity index (χ4n) is 1.66. The van der Waals surface area contributed by atoms with Gasteiger partial charge >= 0.3 is 0 Å². The number of nitrogens with zero attached hydrogens (tertiary/aromatic N) is 1. The van der Waals surface area contributed by atoms with E-state index in [9.17, 15) is 4.39 Å². The summed E-state index contributed by atoms with van der Waals surface area (Å²) in [7, 11) is 1.54. The third-order valence-corrected chi connectivity index (χ3v) is 2.32. The van der Waals surface area contributed by atoms with E-state index in [1.54, 1.807) is 20.9 Å². The van der Waals surface area contributed by atoms with Crippen LogP contribution < -0.4 is 16.0 Å². The van der Waals surface area contributed by atoms with Gasteiger partial charge in [0.15, 0.2) is 5.96 Å². The Kier molecular flexibility index (Phi) is 3.67.